The molecule has 0 atom stereocenters. The first kappa shape index (κ1) is 11.7. The third-order valence-corrected chi connectivity index (χ3v) is 3.29. The Morgan fingerprint density at radius 3 is 2.26 bits per heavy atom. The molecule has 0 saturated heterocycles. The van der Waals surface area contributed by atoms with Crippen molar-refractivity contribution in [3.8, 4) is 22.4 Å². The summed E-state index contributed by atoms with van der Waals surface area (Å²) in [5, 5.41) is 0. The van der Waals surface area contributed by atoms with Gasteiger partial charge in [-0.2, -0.15) is 0 Å². The van der Waals surface area contributed by atoms with E-state index in [2.05, 4.69) is 72.6 Å². The quantitative estimate of drug-likeness (QED) is 0.636. The van der Waals surface area contributed by atoms with Crippen molar-refractivity contribution in [1.29, 1.82) is 0 Å². The highest BCUT2D eigenvalue weighted by Gasteiger charge is 2.04. The van der Waals surface area contributed by atoms with Crippen LogP contribution in [0.1, 0.15) is 5.56 Å². The van der Waals surface area contributed by atoms with E-state index in [0.29, 0.717) is 0 Å². The smallest absolute Gasteiger partial charge is 0.0710 e. The fourth-order valence-corrected chi connectivity index (χ4v) is 2.25. The van der Waals surface area contributed by atoms with E-state index in [1.165, 1.54) is 22.3 Å². The van der Waals surface area contributed by atoms with Crippen molar-refractivity contribution >= 4 is 0 Å². The number of pyridine rings is 1. The second-order valence-electron chi connectivity index (χ2n) is 4.61. The molecule has 0 N–H and O–H groups in total. The summed E-state index contributed by atoms with van der Waals surface area (Å²) in [5.41, 5.74) is 5.90. The Kier molecular flexibility index (Phi) is 3.11. The molecule has 0 amide bonds. The van der Waals surface area contributed by atoms with Gasteiger partial charge in [0.05, 0.1) is 5.69 Å². The summed E-state index contributed by atoms with van der Waals surface area (Å²) in [7, 11) is 0. The van der Waals surface area contributed by atoms with Gasteiger partial charge >= 0.3 is 0 Å². The van der Waals surface area contributed by atoms with Crippen molar-refractivity contribution in [1.82, 2.24) is 4.98 Å². The van der Waals surface area contributed by atoms with Crippen molar-refractivity contribution in [3.05, 3.63) is 78.5 Å². The Morgan fingerprint density at radius 2 is 1.47 bits per heavy atom. The van der Waals surface area contributed by atoms with Crippen LogP contribution in [0.2, 0.25) is 0 Å². The van der Waals surface area contributed by atoms with Gasteiger partial charge in [-0.1, -0.05) is 54.6 Å². The Bertz CT molecular complexity index is 687. The largest absolute Gasteiger partial charge is 0.256 e. The van der Waals surface area contributed by atoms with E-state index < -0.39 is 0 Å². The third-order valence-electron chi connectivity index (χ3n) is 3.29. The molecule has 2 aromatic carbocycles. The summed E-state index contributed by atoms with van der Waals surface area (Å²) in [5.74, 6) is 0. The van der Waals surface area contributed by atoms with Gasteiger partial charge in [-0.25, -0.2) is 0 Å². The summed E-state index contributed by atoms with van der Waals surface area (Å²) < 4.78 is 0. The van der Waals surface area contributed by atoms with Crippen LogP contribution >= 0.6 is 0 Å². The molecule has 1 nitrogen and oxygen atoms in total. The van der Waals surface area contributed by atoms with E-state index in [4.69, 9.17) is 0 Å². The molecule has 0 saturated carbocycles. The van der Waals surface area contributed by atoms with Gasteiger partial charge in [0.15, 0.2) is 0 Å². The van der Waals surface area contributed by atoms with Crippen LogP contribution in [-0.2, 0) is 0 Å². The number of nitrogens with zero attached hydrogens (tertiary/aromatic N) is 1. The minimum Gasteiger partial charge on any atom is -0.256 e. The lowest BCUT2D eigenvalue weighted by Gasteiger charge is -2.07. The first-order valence-corrected chi connectivity index (χ1v) is 6.42. The SMILES string of the molecule is Cc1ccccc1-c1cc(-c2ccccc2)ccn1. The van der Waals surface area contributed by atoms with Crippen LogP contribution in [0.15, 0.2) is 72.9 Å². The summed E-state index contributed by atoms with van der Waals surface area (Å²) in [6.45, 7) is 2.12. The predicted molar refractivity (Wildman–Crippen MR) is 79.8 cm³/mol. The maximum atomic E-state index is 4.50. The van der Waals surface area contributed by atoms with E-state index >= 15 is 0 Å². The zero-order valence-electron chi connectivity index (χ0n) is 10.9. The number of aryl methyl sites for hydroxylation is 1. The van der Waals surface area contributed by atoms with E-state index in [1.807, 2.05) is 12.3 Å². The normalized spacial score (nSPS) is 10.4. The van der Waals surface area contributed by atoms with Crippen LogP contribution < -0.4 is 0 Å². The van der Waals surface area contributed by atoms with Gasteiger partial charge in [0.2, 0.25) is 0 Å². The molecule has 0 radical (unpaired) electrons. The van der Waals surface area contributed by atoms with Crippen LogP contribution in [0.5, 0.6) is 0 Å². The molecule has 92 valence electrons. The number of aromatic nitrogens is 1. The Labute approximate surface area is 113 Å². The van der Waals surface area contributed by atoms with Crippen molar-refractivity contribution in [3.63, 3.8) is 0 Å². The monoisotopic (exact) mass is 245 g/mol. The maximum absolute atomic E-state index is 4.50. The van der Waals surface area contributed by atoms with Crippen molar-refractivity contribution in [2.75, 3.05) is 0 Å². The molecule has 3 rings (SSSR count). The van der Waals surface area contributed by atoms with Crippen LogP contribution in [0.4, 0.5) is 0 Å². The fraction of sp³-hybridized carbons (Fsp3) is 0.0556. The highest BCUT2D eigenvalue weighted by molar-refractivity contribution is 5.71. The highest BCUT2D eigenvalue weighted by atomic mass is 14.7. The lowest BCUT2D eigenvalue weighted by Crippen LogP contribution is -1.87. The summed E-state index contributed by atoms with van der Waals surface area (Å²) in [6.07, 6.45) is 1.88. The molecule has 3 aromatic rings. The Hall–Kier alpha value is -2.41. The minimum absolute atomic E-state index is 1.03. The highest BCUT2D eigenvalue weighted by Crippen LogP contribution is 2.26. The van der Waals surface area contributed by atoms with Gasteiger partial charge in [0.1, 0.15) is 0 Å². The number of hydrogen-bond donors (Lipinski definition) is 0. The average molecular weight is 245 g/mol. The van der Waals surface area contributed by atoms with E-state index in [1.54, 1.807) is 0 Å². The summed E-state index contributed by atoms with van der Waals surface area (Å²) in [4.78, 5) is 4.50. The lowest BCUT2D eigenvalue weighted by atomic mass is 10.0. The van der Waals surface area contributed by atoms with Crippen LogP contribution in [0.3, 0.4) is 0 Å². The zero-order chi connectivity index (χ0) is 13.1. The molecule has 0 fully saturated rings. The van der Waals surface area contributed by atoms with Crippen LogP contribution in [0, 0.1) is 6.92 Å². The molecule has 0 bridgehead atoms. The predicted octanol–water partition coefficient (Wildman–Crippen LogP) is 4.72. The van der Waals surface area contributed by atoms with Crippen molar-refractivity contribution in [2.45, 2.75) is 6.92 Å². The van der Waals surface area contributed by atoms with Crippen molar-refractivity contribution < 1.29 is 0 Å². The lowest BCUT2D eigenvalue weighted by molar-refractivity contribution is 1.31. The van der Waals surface area contributed by atoms with Crippen LogP contribution in [-0.4, -0.2) is 4.98 Å². The Morgan fingerprint density at radius 1 is 0.737 bits per heavy atom. The molecular weight excluding hydrogens is 230 g/mol. The van der Waals surface area contributed by atoms with Crippen LogP contribution in [0.25, 0.3) is 22.4 Å². The topological polar surface area (TPSA) is 12.9 Å². The molecule has 1 heteroatoms. The maximum Gasteiger partial charge on any atom is 0.0710 e. The number of benzene rings is 2. The van der Waals surface area contributed by atoms with Gasteiger partial charge in [-0.3, -0.25) is 4.98 Å². The molecule has 0 aliphatic heterocycles. The van der Waals surface area contributed by atoms with E-state index in [9.17, 15) is 0 Å². The summed E-state index contributed by atoms with van der Waals surface area (Å²) >= 11 is 0. The summed E-state index contributed by atoms with van der Waals surface area (Å²) in [6, 6.07) is 22.9. The first-order valence-electron chi connectivity index (χ1n) is 6.42. The van der Waals surface area contributed by atoms with Gasteiger partial charge < -0.3 is 0 Å². The van der Waals surface area contributed by atoms with E-state index in [0.717, 1.165) is 5.69 Å². The molecule has 0 spiro atoms. The molecular formula is C18H15N. The molecule has 0 aliphatic rings. The van der Waals surface area contributed by atoms with Gasteiger partial charge in [-0.05, 0) is 35.7 Å². The Balaban J connectivity index is 2.09. The fourth-order valence-electron chi connectivity index (χ4n) is 2.25. The second-order valence-corrected chi connectivity index (χ2v) is 4.61. The third kappa shape index (κ3) is 2.41. The molecule has 1 heterocycles. The number of rotatable bonds is 2. The van der Waals surface area contributed by atoms with Crippen molar-refractivity contribution in [2.24, 2.45) is 0 Å². The standard InChI is InChI=1S/C18H15N/c1-14-7-5-6-10-17(14)18-13-16(11-12-19-18)15-8-3-2-4-9-15/h2-13H,1H3. The zero-order valence-corrected chi connectivity index (χ0v) is 10.9. The minimum atomic E-state index is 1.03. The molecule has 19 heavy (non-hydrogen) atoms. The molecule has 0 unspecified atom stereocenters. The van der Waals surface area contributed by atoms with Gasteiger partial charge in [0.25, 0.3) is 0 Å². The molecule has 1 aromatic heterocycles. The van der Waals surface area contributed by atoms with E-state index in [-0.39, 0.29) is 0 Å². The second kappa shape index (κ2) is 5.07. The van der Waals surface area contributed by atoms with Gasteiger partial charge in [-0.15, -0.1) is 0 Å². The number of hydrogen-bond acceptors (Lipinski definition) is 1. The average Bonchev–Trinajstić information content (AvgIpc) is 2.49. The van der Waals surface area contributed by atoms with Gasteiger partial charge in [0, 0.05) is 11.8 Å². The first-order chi connectivity index (χ1) is 9.34. The molecule has 0 aliphatic carbocycles.